The highest BCUT2D eigenvalue weighted by molar-refractivity contribution is 9.10. The van der Waals surface area contributed by atoms with Gasteiger partial charge in [0.1, 0.15) is 5.75 Å². The molecule has 0 bridgehead atoms. The molecule has 0 heterocycles. The number of carboxylic acid groups (broad SMARTS) is 1. The van der Waals surface area contributed by atoms with E-state index in [1.807, 2.05) is 13.0 Å². The SMILES string of the molecule is COc1cc(C)cc(Br)c1C(CN)C(=O)O. The second-order valence-corrected chi connectivity index (χ2v) is 4.34. The Balaban J connectivity index is 3.35. The summed E-state index contributed by atoms with van der Waals surface area (Å²) in [5, 5.41) is 9.08. The first-order valence-corrected chi connectivity index (χ1v) is 5.57. The molecule has 0 fully saturated rings. The summed E-state index contributed by atoms with van der Waals surface area (Å²) in [6.07, 6.45) is 0. The van der Waals surface area contributed by atoms with Crippen LogP contribution in [-0.2, 0) is 4.79 Å². The molecule has 1 unspecified atom stereocenters. The molecule has 3 N–H and O–H groups in total. The number of hydrogen-bond acceptors (Lipinski definition) is 3. The fourth-order valence-corrected chi connectivity index (χ4v) is 2.40. The zero-order valence-corrected chi connectivity index (χ0v) is 10.7. The van der Waals surface area contributed by atoms with Gasteiger partial charge in [-0.1, -0.05) is 15.9 Å². The quantitative estimate of drug-likeness (QED) is 0.887. The Morgan fingerprint density at radius 3 is 2.69 bits per heavy atom. The standard InChI is InChI=1S/C11H14BrNO3/c1-6-3-8(12)10(9(4-6)16-2)7(5-13)11(14)15/h3-4,7H,5,13H2,1-2H3,(H,14,15). The van der Waals surface area contributed by atoms with Crippen LogP contribution < -0.4 is 10.5 Å². The third-order valence-electron chi connectivity index (χ3n) is 2.34. The molecule has 16 heavy (non-hydrogen) atoms. The van der Waals surface area contributed by atoms with E-state index in [1.54, 1.807) is 6.07 Å². The number of ether oxygens (including phenoxy) is 1. The molecule has 1 aromatic carbocycles. The summed E-state index contributed by atoms with van der Waals surface area (Å²) in [6, 6.07) is 3.65. The maximum atomic E-state index is 11.1. The van der Waals surface area contributed by atoms with Crippen molar-refractivity contribution in [3.8, 4) is 5.75 Å². The van der Waals surface area contributed by atoms with Gasteiger partial charge in [-0.15, -0.1) is 0 Å². The Bertz CT molecular complexity index is 406. The first-order valence-electron chi connectivity index (χ1n) is 4.78. The predicted molar refractivity (Wildman–Crippen MR) is 64.9 cm³/mol. The average molecular weight is 288 g/mol. The topological polar surface area (TPSA) is 72.5 Å². The fourth-order valence-electron chi connectivity index (χ4n) is 1.57. The first-order chi connectivity index (χ1) is 7.51. The lowest BCUT2D eigenvalue weighted by atomic mass is 9.97. The van der Waals surface area contributed by atoms with Gasteiger partial charge in [0.2, 0.25) is 0 Å². The van der Waals surface area contributed by atoms with E-state index in [9.17, 15) is 4.79 Å². The molecule has 0 amide bonds. The molecule has 0 radical (unpaired) electrons. The predicted octanol–water partition coefficient (Wildman–Crippen LogP) is 1.89. The summed E-state index contributed by atoms with van der Waals surface area (Å²) in [5.74, 6) is -1.17. The van der Waals surface area contributed by atoms with Crippen molar-refractivity contribution in [3.63, 3.8) is 0 Å². The molecule has 88 valence electrons. The van der Waals surface area contributed by atoms with Crippen molar-refractivity contribution in [3.05, 3.63) is 27.7 Å². The number of aryl methyl sites for hydroxylation is 1. The Hall–Kier alpha value is -1.07. The van der Waals surface area contributed by atoms with Gasteiger partial charge in [0.15, 0.2) is 0 Å². The summed E-state index contributed by atoms with van der Waals surface area (Å²) < 4.78 is 5.90. The largest absolute Gasteiger partial charge is 0.496 e. The monoisotopic (exact) mass is 287 g/mol. The highest BCUT2D eigenvalue weighted by Crippen LogP contribution is 2.34. The van der Waals surface area contributed by atoms with E-state index in [0.717, 1.165) is 5.56 Å². The highest BCUT2D eigenvalue weighted by atomic mass is 79.9. The van der Waals surface area contributed by atoms with Gasteiger partial charge in [-0.2, -0.15) is 0 Å². The minimum absolute atomic E-state index is 0.0351. The maximum absolute atomic E-state index is 11.1. The number of carbonyl (C=O) groups is 1. The number of benzene rings is 1. The van der Waals surface area contributed by atoms with Crippen molar-refractivity contribution >= 4 is 21.9 Å². The van der Waals surface area contributed by atoms with E-state index in [1.165, 1.54) is 7.11 Å². The van der Waals surface area contributed by atoms with Crippen molar-refractivity contribution in [2.24, 2.45) is 5.73 Å². The first kappa shape index (κ1) is 13.0. The Labute approximate surface area is 103 Å². The van der Waals surface area contributed by atoms with Crippen LogP contribution in [0.4, 0.5) is 0 Å². The lowest BCUT2D eigenvalue weighted by molar-refractivity contribution is -0.138. The molecule has 0 aliphatic heterocycles. The minimum Gasteiger partial charge on any atom is -0.496 e. The molecule has 0 aromatic heterocycles. The summed E-state index contributed by atoms with van der Waals surface area (Å²) in [7, 11) is 1.51. The van der Waals surface area contributed by atoms with Crippen LogP contribution in [0.15, 0.2) is 16.6 Å². The van der Waals surface area contributed by atoms with Crippen LogP contribution >= 0.6 is 15.9 Å². The zero-order chi connectivity index (χ0) is 12.3. The maximum Gasteiger partial charge on any atom is 0.312 e. The third kappa shape index (κ3) is 2.54. The van der Waals surface area contributed by atoms with Gasteiger partial charge in [-0.25, -0.2) is 0 Å². The van der Waals surface area contributed by atoms with E-state index in [4.69, 9.17) is 15.6 Å². The molecule has 1 rings (SSSR count). The number of carboxylic acids is 1. The van der Waals surface area contributed by atoms with Crippen LogP contribution in [0.2, 0.25) is 0 Å². The average Bonchev–Trinajstić information content (AvgIpc) is 2.21. The van der Waals surface area contributed by atoms with Gasteiger partial charge >= 0.3 is 5.97 Å². The van der Waals surface area contributed by atoms with E-state index < -0.39 is 11.9 Å². The lowest BCUT2D eigenvalue weighted by Crippen LogP contribution is -2.22. The molecule has 1 aromatic rings. The van der Waals surface area contributed by atoms with E-state index >= 15 is 0 Å². The van der Waals surface area contributed by atoms with Gasteiger partial charge in [-0.3, -0.25) is 4.79 Å². The van der Waals surface area contributed by atoms with Crippen molar-refractivity contribution in [2.75, 3.05) is 13.7 Å². The number of halogens is 1. The lowest BCUT2D eigenvalue weighted by Gasteiger charge is -2.17. The second kappa shape index (κ2) is 5.32. The number of nitrogens with two attached hydrogens (primary N) is 1. The molecule has 0 saturated carbocycles. The fraction of sp³-hybridized carbons (Fsp3) is 0.364. The molecule has 0 saturated heterocycles. The summed E-state index contributed by atoms with van der Waals surface area (Å²) in [4.78, 5) is 11.1. The summed E-state index contributed by atoms with van der Waals surface area (Å²) in [6.45, 7) is 1.95. The van der Waals surface area contributed by atoms with Crippen LogP contribution in [0.3, 0.4) is 0 Å². The van der Waals surface area contributed by atoms with Gasteiger partial charge in [0.05, 0.1) is 13.0 Å². The molecular weight excluding hydrogens is 274 g/mol. The molecule has 0 aliphatic rings. The number of aliphatic carboxylic acids is 1. The van der Waals surface area contributed by atoms with Crippen molar-refractivity contribution in [2.45, 2.75) is 12.8 Å². The Morgan fingerprint density at radius 1 is 1.62 bits per heavy atom. The summed E-state index contributed by atoms with van der Waals surface area (Å²) >= 11 is 3.35. The van der Waals surface area contributed by atoms with E-state index in [0.29, 0.717) is 15.8 Å². The van der Waals surface area contributed by atoms with Crippen LogP contribution in [0, 0.1) is 6.92 Å². The molecule has 0 spiro atoms. The van der Waals surface area contributed by atoms with Crippen LogP contribution in [-0.4, -0.2) is 24.7 Å². The third-order valence-corrected chi connectivity index (χ3v) is 2.99. The second-order valence-electron chi connectivity index (χ2n) is 3.49. The zero-order valence-electron chi connectivity index (χ0n) is 9.16. The highest BCUT2D eigenvalue weighted by Gasteiger charge is 2.24. The van der Waals surface area contributed by atoms with Crippen molar-refractivity contribution < 1.29 is 14.6 Å². The van der Waals surface area contributed by atoms with Crippen LogP contribution in [0.1, 0.15) is 17.0 Å². The van der Waals surface area contributed by atoms with E-state index in [-0.39, 0.29) is 6.54 Å². The molecule has 5 heteroatoms. The minimum atomic E-state index is -0.953. The van der Waals surface area contributed by atoms with Crippen molar-refractivity contribution in [1.29, 1.82) is 0 Å². The number of rotatable bonds is 4. The van der Waals surface area contributed by atoms with Crippen LogP contribution in [0.5, 0.6) is 5.75 Å². The summed E-state index contributed by atoms with van der Waals surface area (Å²) in [5.41, 5.74) is 7.06. The number of methoxy groups -OCH3 is 1. The Kier molecular flexibility index (Phi) is 4.32. The van der Waals surface area contributed by atoms with Crippen LogP contribution in [0.25, 0.3) is 0 Å². The van der Waals surface area contributed by atoms with Gasteiger partial charge in [-0.05, 0) is 24.6 Å². The smallest absolute Gasteiger partial charge is 0.312 e. The molecule has 1 atom stereocenters. The molecular formula is C11H14BrNO3. The molecule has 4 nitrogen and oxygen atoms in total. The normalized spacial score (nSPS) is 12.2. The Morgan fingerprint density at radius 2 is 2.25 bits per heavy atom. The van der Waals surface area contributed by atoms with Crippen molar-refractivity contribution in [1.82, 2.24) is 0 Å². The van der Waals surface area contributed by atoms with Gasteiger partial charge in [0.25, 0.3) is 0 Å². The number of hydrogen-bond donors (Lipinski definition) is 2. The van der Waals surface area contributed by atoms with Gasteiger partial charge in [0, 0.05) is 16.6 Å². The van der Waals surface area contributed by atoms with E-state index in [2.05, 4.69) is 15.9 Å². The molecule has 0 aliphatic carbocycles. The van der Waals surface area contributed by atoms with Gasteiger partial charge < -0.3 is 15.6 Å².